The van der Waals surface area contributed by atoms with Gasteiger partial charge >= 0.3 is 5.76 Å². The molecule has 1 amide bonds. The summed E-state index contributed by atoms with van der Waals surface area (Å²) in [5, 5.41) is 15.7. The van der Waals surface area contributed by atoms with Gasteiger partial charge in [-0.25, -0.2) is 4.79 Å². The highest BCUT2D eigenvalue weighted by Gasteiger charge is 2.34. The minimum absolute atomic E-state index is 0.0439. The number of oxazole rings is 1. The van der Waals surface area contributed by atoms with Crippen LogP contribution in [0.1, 0.15) is 26.3 Å². The summed E-state index contributed by atoms with van der Waals surface area (Å²) in [6.45, 7) is 7.09. The van der Waals surface area contributed by atoms with Crippen molar-refractivity contribution in [2.24, 2.45) is 7.05 Å². The van der Waals surface area contributed by atoms with Crippen LogP contribution < -0.4 is 16.4 Å². The molecule has 3 aromatic rings. The van der Waals surface area contributed by atoms with E-state index in [1.165, 1.54) is 4.57 Å². The number of benzene rings is 2. The molecule has 1 aliphatic heterocycles. The number of amides is 1. The zero-order valence-electron chi connectivity index (χ0n) is 21.0. The van der Waals surface area contributed by atoms with Gasteiger partial charge in [-0.05, 0) is 49.6 Å². The average molecular weight is 493 g/mol. The van der Waals surface area contributed by atoms with Gasteiger partial charge in [-0.3, -0.25) is 9.36 Å². The third kappa shape index (κ3) is 5.85. The lowest BCUT2D eigenvalue weighted by atomic mass is 10.0. The van der Waals surface area contributed by atoms with Crippen molar-refractivity contribution in [1.82, 2.24) is 15.2 Å². The van der Waals surface area contributed by atoms with E-state index in [1.807, 2.05) is 57.2 Å². The van der Waals surface area contributed by atoms with Crippen LogP contribution in [-0.4, -0.2) is 54.0 Å². The number of rotatable bonds is 7. The predicted octanol–water partition coefficient (Wildman–Crippen LogP) is 2.52. The Morgan fingerprint density at radius 3 is 2.69 bits per heavy atom. The molecule has 190 valence electrons. The summed E-state index contributed by atoms with van der Waals surface area (Å²) in [6, 6.07) is 14.9. The molecule has 2 heterocycles. The van der Waals surface area contributed by atoms with Crippen LogP contribution in [0.25, 0.3) is 22.2 Å². The van der Waals surface area contributed by atoms with E-state index in [4.69, 9.17) is 13.9 Å². The molecule has 9 nitrogen and oxygen atoms in total. The first-order chi connectivity index (χ1) is 17.2. The van der Waals surface area contributed by atoms with Gasteiger partial charge in [-0.2, -0.15) is 5.26 Å². The third-order valence-corrected chi connectivity index (χ3v) is 6.22. The number of carbonyl (C=O) groups is 1. The molecular formula is C27H32N4O5. The van der Waals surface area contributed by atoms with E-state index in [9.17, 15) is 14.9 Å². The molecule has 1 saturated heterocycles. The molecule has 1 aromatic heterocycles. The largest absolute Gasteiger partial charge is 0.419 e. The van der Waals surface area contributed by atoms with Gasteiger partial charge in [0.05, 0.1) is 24.3 Å². The van der Waals surface area contributed by atoms with E-state index < -0.39 is 23.5 Å². The van der Waals surface area contributed by atoms with Gasteiger partial charge in [0.15, 0.2) is 5.58 Å². The van der Waals surface area contributed by atoms with Gasteiger partial charge in [0, 0.05) is 26.6 Å². The summed E-state index contributed by atoms with van der Waals surface area (Å²) >= 11 is 0. The zero-order valence-corrected chi connectivity index (χ0v) is 21.0. The van der Waals surface area contributed by atoms with Crippen LogP contribution in [0.15, 0.2) is 51.7 Å². The number of ether oxygens (including phenoxy) is 2. The van der Waals surface area contributed by atoms with Crippen LogP contribution in [0.3, 0.4) is 0 Å². The molecule has 0 spiro atoms. The molecule has 0 bridgehead atoms. The van der Waals surface area contributed by atoms with Crippen LogP contribution in [0.5, 0.6) is 0 Å². The van der Waals surface area contributed by atoms with Crippen LogP contribution in [0, 0.1) is 11.3 Å². The van der Waals surface area contributed by atoms with Crippen molar-refractivity contribution < 1.29 is 18.7 Å². The van der Waals surface area contributed by atoms with Crippen molar-refractivity contribution in [3.05, 3.63) is 58.6 Å². The molecule has 3 unspecified atom stereocenters. The number of nitrogens with zero attached hydrogens (tertiary/aromatic N) is 2. The number of carbonyl (C=O) groups excluding carboxylic acids is 1. The smallest absolute Gasteiger partial charge is 0.408 e. The molecule has 2 aromatic carbocycles. The summed E-state index contributed by atoms with van der Waals surface area (Å²) in [7, 11) is 1.67. The Hall–Kier alpha value is -3.45. The van der Waals surface area contributed by atoms with Gasteiger partial charge in [-0.15, -0.1) is 0 Å². The van der Waals surface area contributed by atoms with Gasteiger partial charge in [-0.1, -0.05) is 30.3 Å². The fourth-order valence-electron chi connectivity index (χ4n) is 4.44. The molecule has 36 heavy (non-hydrogen) atoms. The molecule has 4 rings (SSSR count). The molecule has 2 N–H and O–H groups in total. The topological polar surface area (TPSA) is 119 Å². The summed E-state index contributed by atoms with van der Waals surface area (Å²) in [5.41, 5.74) is 3.58. The number of nitrogens with one attached hydrogen (secondary N) is 2. The second-order valence-corrected chi connectivity index (χ2v) is 9.75. The first-order valence-electron chi connectivity index (χ1n) is 12.1. The van der Waals surface area contributed by atoms with Crippen molar-refractivity contribution in [2.45, 2.75) is 51.0 Å². The Balaban J connectivity index is 1.37. The number of nitriles is 1. The number of hydrogen-bond donors (Lipinski definition) is 2. The fourth-order valence-corrected chi connectivity index (χ4v) is 4.44. The van der Waals surface area contributed by atoms with Crippen molar-refractivity contribution in [1.29, 1.82) is 5.26 Å². The number of aryl methyl sites for hydroxylation is 1. The second kappa shape index (κ2) is 10.7. The second-order valence-electron chi connectivity index (χ2n) is 9.75. The number of fused-ring (bicyclic) bond motifs is 1. The molecule has 0 saturated carbocycles. The maximum Gasteiger partial charge on any atom is 0.419 e. The molecular weight excluding hydrogens is 460 g/mol. The first kappa shape index (κ1) is 25.6. The lowest BCUT2D eigenvalue weighted by Gasteiger charge is -2.30. The maximum atomic E-state index is 12.8. The van der Waals surface area contributed by atoms with Crippen LogP contribution >= 0.6 is 0 Å². The fraction of sp³-hybridized carbons (Fsp3) is 0.444. The molecule has 1 fully saturated rings. The minimum Gasteiger partial charge on any atom is -0.408 e. The molecule has 0 aliphatic carbocycles. The van der Waals surface area contributed by atoms with E-state index in [2.05, 4.69) is 16.7 Å². The zero-order chi connectivity index (χ0) is 25.9. The number of hydrogen-bond acceptors (Lipinski definition) is 7. The Labute approximate surface area is 210 Å². The molecule has 9 heteroatoms. The minimum atomic E-state index is -0.699. The van der Waals surface area contributed by atoms with E-state index in [-0.39, 0.29) is 18.6 Å². The van der Waals surface area contributed by atoms with E-state index >= 15 is 0 Å². The Kier molecular flexibility index (Phi) is 7.59. The predicted molar refractivity (Wildman–Crippen MR) is 135 cm³/mol. The quantitative estimate of drug-likeness (QED) is 0.520. The average Bonchev–Trinajstić information content (AvgIpc) is 2.99. The lowest BCUT2D eigenvalue weighted by Crippen LogP contribution is -2.46. The highest BCUT2D eigenvalue weighted by molar-refractivity contribution is 5.82. The summed E-state index contributed by atoms with van der Waals surface area (Å²) in [5.74, 6) is -0.719. The Bertz CT molecular complexity index is 1320. The van der Waals surface area contributed by atoms with E-state index in [0.717, 1.165) is 22.2 Å². The molecule has 0 radical (unpaired) electrons. The van der Waals surface area contributed by atoms with Gasteiger partial charge in [0.2, 0.25) is 0 Å². The summed E-state index contributed by atoms with van der Waals surface area (Å²) in [4.78, 5) is 24.6. The Morgan fingerprint density at radius 1 is 1.28 bits per heavy atom. The van der Waals surface area contributed by atoms with Crippen molar-refractivity contribution >= 4 is 17.0 Å². The highest BCUT2D eigenvalue weighted by atomic mass is 16.6. The number of aromatic nitrogens is 1. The first-order valence-corrected chi connectivity index (χ1v) is 12.1. The standard InChI is InChI=1S/C27H32N4O5/c1-17(2)36-27(3)15-29-14-24(34-16-27)25(32)30-21(13-28)11-18-5-7-19(8-6-18)20-9-10-23-22(12-20)31(4)26(33)35-23/h5-10,12,17,21,24,29H,11,14-16H2,1-4H3,(H,30,32). The van der Waals surface area contributed by atoms with Crippen molar-refractivity contribution in [2.75, 3.05) is 19.7 Å². The maximum absolute atomic E-state index is 12.8. The van der Waals surface area contributed by atoms with Crippen molar-refractivity contribution in [3.63, 3.8) is 0 Å². The van der Waals surface area contributed by atoms with Gasteiger partial charge in [0.25, 0.3) is 5.91 Å². The van der Waals surface area contributed by atoms with E-state index in [0.29, 0.717) is 25.1 Å². The van der Waals surface area contributed by atoms with Gasteiger partial charge < -0.3 is 24.5 Å². The van der Waals surface area contributed by atoms with E-state index in [1.54, 1.807) is 13.1 Å². The van der Waals surface area contributed by atoms with Crippen LogP contribution in [0.2, 0.25) is 0 Å². The van der Waals surface area contributed by atoms with Gasteiger partial charge in [0.1, 0.15) is 17.7 Å². The summed E-state index contributed by atoms with van der Waals surface area (Å²) in [6.07, 6.45) is -0.288. The lowest BCUT2D eigenvalue weighted by molar-refractivity contribution is -0.140. The third-order valence-electron chi connectivity index (χ3n) is 6.22. The normalized spacial score (nSPS) is 21.2. The van der Waals surface area contributed by atoms with Crippen molar-refractivity contribution in [3.8, 4) is 17.2 Å². The molecule has 3 atom stereocenters. The van der Waals surface area contributed by atoms with Crippen LogP contribution in [-0.2, 0) is 27.7 Å². The van der Waals surface area contributed by atoms with Crippen LogP contribution in [0.4, 0.5) is 0 Å². The highest BCUT2D eigenvalue weighted by Crippen LogP contribution is 2.24. The summed E-state index contributed by atoms with van der Waals surface area (Å²) < 4.78 is 18.5. The monoisotopic (exact) mass is 492 g/mol. The molecule has 1 aliphatic rings. The Morgan fingerprint density at radius 2 is 2.00 bits per heavy atom. The SMILES string of the molecule is CC(C)OC1(C)CNCC(C(=O)NC(C#N)Cc2ccc(-c3ccc4oc(=O)n(C)c4c3)cc2)OC1.